The van der Waals surface area contributed by atoms with Crippen molar-refractivity contribution in [1.29, 1.82) is 0 Å². The van der Waals surface area contributed by atoms with Gasteiger partial charge in [0.15, 0.2) is 0 Å². The average molecular weight is 325 g/mol. The Morgan fingerprint density at radius 1 is 1.00 bits per heavy atom. The summed E-state index contributed by atoms with van der Waals surface area (Å²) in [6.45, 7) is 11.0. The molecule has 0 fully saturated rings. The maximum Gasteiger partial charge on any atom is 0.118 e. The summed E-state index contributed by atoms with van der Waals surface area (Å²) in [4.78, 5) is 0. The van der Waals surface area contributed by atoms with E-state index in [1.54, 1.807) is 0 Å². The molecule has 0 spiro atoms. The van der Waals surface area contributed by atoms with E-state index in [1.165, 1.54) is 16.3 Å². The van der Waals surface area contributed by atoms with Crippen molar-refractivity contribution in [3.63, 3.8) is 0 Å². The van der Waals surface area contributed by atoms with E-state index in [4.69, 9.17) is 4.74 Å². The van der Waals surface area contributed by atoms with Gasteiger partial charge in [-0.1, -0.05) is 67.7 Å². The van der Waals surface area contributed by atoms with Crippen LogP contribution < -0.4 is 9.92 Å². The molecule has 0 heterocycles. The van der Waals surface area contributed by atoms with Crippen molar-refractivity contribution in [3.8, 4) is 5.75 Å². The Kier molecular flexibility index (Phi) is 5.84. The SMILES string of the molecule is C[SiH](C)c1cc(CC=Cc2ccccc2)ccc1OC(C)(C)C. The highest BCUT2D eigenvalue weighted by molar-refractivity contribution is 6.71. The molecule has 2 aromatic carbocycles. The first-order valence-electron chi connectivity index (χ1n) is 8.38. The Morgan fingerprint density at radius 3 is 2.30 bits per heavy atom. The molecule has 2 heteroatoms. The van der Waals surface area contributed by atoms with Gasteiger partial charge in [0.05, 0.1) is 8.80 Å². The summed E-state index contributed by atoms with van der Waals surface area (Å²) in [6, 6.07) is 17.1. The van der Waals surface area contributed by atoms with Crippen molar-refractivity contribution in [2.75, 3.05) is 0 Å². The van der Waals surface area contributed by atoms with Crippen molar-refractivity contribution < 1.29 is 4.74 Å². The molecular weight excluding hydrogens is 296 g/mol. The molecule has 0 saturated heterocycles. The number of hydrogen-bond donors (Lipinski definition) is 0. The fourth-order valence-electron chi connectivity index (χ4n) is 2.49. The highest BCUT2D eigenvalue weighted by atomic mass is 28.3. The van der Waals surface area contributed by atoms with Gasteiger partial charge in [0, 0.05) is 0 Å². The lowest BCUT2D eigenvalue weighted by atomic mass is 10.1. The number of rotatable bonds is 5. The summed E-state index contributed by atoms with van der Waals surface area (Å²) in [6.07, 6.45) is 5.38. The summed E-state index contributed by atoms with van der Waals surface area (Å²) >= 11 is 0. The van der Waals surface area contributed by atoms with Crippen LogP contribution in [-0.4, -0.2) is 14.4 Å². The molecular formula is C21H28OSi. The minimum Gasteiger partial charge on any atom is -0.488 e. The molecule has 0 radical (unpaired) electrons. The van der Waals surface area contributed by atoms with Crippen molar-refractivity contribution in [2.45, 2.75) is 45.9 Å². The Morgan fingerprint density at radius 2 is 1.70 bits per heavy atom. The highest BCUT2D eigenvalue weighted by Crippen LogP contribution is 2.18. The molecule has 0 aliphatic carbocycles. The zero-order valence-electron chi connectivity index (χ0n) is 15.0. The predicted octanol–water partition coefficient (Wildman–Crippen LogP) is 4.81. The van der Waals surface area contributed by atoms with Gasteiger partial charge >= 0.3 is 0 Å². The van der Waals surface area contributed by atoms with Gasteiger partial charge in [-0.15, -0.1) is 0 Å². The van der Waals surface area contributed by atoms with Gasteiger partial charge in [0.2, 0.25) is 0 Å². The van der Waals surface area contributed by atoms with Crippen LogP contribution in [0.1, 0.15) is 31.9 Å². The third-order valence-corrected chi connectivity index (χ3v) is 5.27. The molecule has 0 aliphatic heterocycles. The molecule has 0 aliphatic rings. The Balaban J connectivity index is 2.14. The van der Waals surface area contributed by atoms with Crippen molar-refractivity contribution in [1.82, 2.24) is 0 Å². The zero-order chi connectivity index (χ0) is 16.9. The van der Waals surface area contributed by atoms with Gasteiger partial charge in [0.1, 0.15) is 11.4 Å². The van der Waals surface area contributed by atoms with Gasteiger partial charge < -0.3 is 4.74 Å². The number of benzene rings is 2. The van der Waals surface area contributed by atoms with Crippen LogP contribution in [0.3, 0.4) is 0 Å². The van der Waals surface area contributed by atoms with Crippen LogP contribution in [-0.2, 0) is 6.42 Å². The first-order valence-corrected chi connectivity index (χ1v) is 11.3. The summed E-state index contributed by atoms with van der Waals surface area (Å²) in [7, 11) is -0.928. The molecule has 0 unspecified atom stereocenters. The monoisotopic (exact) mass is 324 g/mol. The standard InChI is InChI=1S/C21H28OSi/c1-21(2,3)22-19-15-14-18(16-20(19)23(4)5)13-9-12-17-10-7-6-8-11-17/h6-12,14-16,23H,13H2,1-5H3. The first kappa shape index (κ1) is 17.5. The minimum atomic E-state index is -0.928. The molecule has 0 aromatic heterocycles. The minimum absolute atomic E-state index is 0.146. The van der Waals surface area contributed by atoms with Gasteiger partial charge in [-0.3, -0.25) is 0 Å². The van der Waals surface area contributed by atoms with Crippen LogP contribution in [0.5, 0.6) is 5.75 Å². The summed E-state index contributed by atoms with van der Waals surface area (Å²) in [5, 5.41) is 1.42. The molecule has 0 bridgehead atoms. The second-order valence-electron chi connectivity index (χ2n) is 7.26. The van der Waals surface area contributed by atoms with Gasteiger partial charge in [-0.05, 0) is 49.6 Å². The summed E-state index contributed by atoms with van der Waals surface area (Å²) < 4.78 is 6.14. The molecule has 0 saturated carbocycles. The third kappa shape index (κ3) is 5.72. The Bertz CT molecular complexity index is 651. The summed E-state index contributed by atoms with van der Waals surface area (Å²) in [5.74, 6) is 1.06. The van der Waals surface area contributed by atoms with Crippen LogP contribution in [0.2, 0.25) is 13.1 Å². The maximum absolute atomic E-state index is 6.14. The summed E-state index contributed by atoms with van der Waals surface area (Å²) in [5.41, 5.74) is 2.46. The van der Waals surface area contributed by atoms with E-state index in [0.29, 0.717) is 0 Å². The normalized spacial score (nSPS) is 12.1. The van der Waals surface area contributed by atoms with Crippen LogP contribution in [0, 0.1) is 0 Å². The van der Waals surface area contributed by atoms with E-state index in [2.05, 4.69) is 88.5 Å². The number of allylic oxidation sites excluding steroid dienone is 1. The molecule has 23 heavy (non-hydrogen) atoms. The number of ether oxygens (including phenoxy) is 1. The topological polar surface area (TPSA) is 9.23 Å². The Hall–Kier alpha value is -1.80. The molecule has 0 N–H and O–H groups in total. The van der Waals surface area contributed by atoms with Gasteiger partial charge in [-0.25, -0.2) is 0 Å². The zero-order valence-corrected chi connectivity index (χ0v) is 16.1. The lowest BCUT2D eigenvalue weighted by molar-refractivity contribution is 0.132. The molecule has 1 nitrogen and oxygen atoms in total. The molecule has 122 valence electrons. The van der Waals surface area contributed by atoms with E-state index in [0.717, 1.165) is 12.2 Å². The smallest absolute Gasteiger partial charge is 0.118 e. The lowest BCUT2D eigenvalue weighted by Crippen LogP contribution is -2.31. The highest BCUT2D eigenvalue weighted by Gasteiger charge is 2.16. The lowest BCUT2D eigenvalue weighted by Gasteiger charge is -2.24. The van der Waals surface area contributed by atoms with E-state index in [9.17, 15) is 0 Å². The third-order valence-electron chi connectivity index (χ3n) is 3.58. The van der Waals surface area contributed by atoms with E-state index in [1.807, 2.05) is 6.07 Å². The van der Waals surface area contributed by atoms with E-state index in [-0.39, 0.29) is 5.60 Å². The number of hydrogen-bond acceptors (Lipinski definition) is 1. The van der Waals surface area contributed by atoms with Crippen LogP contribution in [0.4, 0.5) is 0 Å². The van der Waals surface area contributed by atoms with Crippen LogP contribution in [0.25, 0.3) is 6.08 Å². The van der Waals surface area contributed by atoms with Crippen LogP contribution in [0.15, 0.2) is 54.6 Å². The average Bonchev–Trinajstić information content (AvgIpc) is 2.48. The molecule has 2 rings (SSSR count). The largest absolute Gasteiger partial charge is 0.488 e. The van der Waals surface area contributed by atoms with Gasteiger partial charge in [0.25, 0.3) is 0 Å². The quantitative estimate of drug-likeness (QED) is 0.717. The van der Waals surface area contributed by atoms with Crippen molar-refractivity contribution in [2.24, 2.45) is 0 Å². The second-order valence-corrected chi connectivity index (χ2v) is 10.2. The molecule has 0 amide bonds. The van der Waals surface area contributed by atoms with E-state index >= 15 is 0 Å². The predicted molar refractivity (Wildman–Crippen MR) is 105 cm³/mol. The fraction of sp³-hybridized carbons (Fsp3) is 0.333. The van der Waals surface area contributed by atoms with Gasteiger partial charge in [-0.2, -0.15) is 0 Å². The fourth-order valence-corrected chi connectivity index (χ4v) is 3.77. The molecule has 0 atom stereocenters. The first-order chi connectivity index (χ1) is 10.8. The van der Waals surface area contributed by atoms with Crippen molar-refractivity contribution >= 4 is 20.1 Å². The van der Waals surface area contributed by atoms with Crippen molar-refractivity contribution in [3.05, 3.63) is 65.7 Å². The maximum atomic E-state index is 6.14. The van der Waals surface area contributed by atoms with Crippen LogP contribution >= 0.6 is 0 Å². The molecule has 2 aromatic rings. The second kappa shape index (κ2) is 7.65. The van der Waals surface area contributed by atoms with E-state index < -0.39 is 8.80 Å². The Labute approximate surface area is 142 Å².